The number of aromatic nitrogens is 1. The van der Waals surface area contributed by atoms with E-state index in [1.54, 1.807) is 16.3 Å². The summed E-state index contributed by atoms with van der Waals surface area (Å²) in [6.45, 7) is 2.20. The van der Waals surface area contributed by atoms with E-state index in [2.05, 4.69) is 35.4 Å². The lowest BCUT2D eigenvalue weighted by molar-refractivity contribution is -0.929. The number of hydrazone groups is 1. The first-order chi connectivity index (χ1) is 14.3. The van der Waals surface area contributed by atoms with E-state index in [-0.39, 0.29) is 5.91 Å². The smallest absolute Gasteiger partial charge is 0.297 e. The Bertz CT molecular complexity index is 1010. The van der Waals surface area contributed by atoms with E-state index in [9.17, 15) is 4.79 Å². The highest BCUT2D eigenvalue weighted by Gasteiger charge is 2.34. The molecule has 148 valence electrons. The number of nitrogens with one attached hydrogen (secondary N) is 1. The van der Waals surface area contributed by atoms with Gasteiger partial charge in [0.25, 0.3) is 5.91 Å². The van der Waals surface area contributed by atoms with Crippen LogP contribution in [0.1, 0.15) is 42.3 Å². The standard InChI is InChI=1S/C23H24N4OS/c28-22(27-15-13-18(25-27)17-8-2-1-3-9-17)16-26-14-7-6-11-20(26)23-24-19-10-4-5-12-21(19)29-23/h1-5,8-10,12,20H,6-7,11,13-16H2/p+1/t20-/m1/s1. The van der Waals surface area contributed by atoms with Crippen molar-refractivity contribution in [1.29, 1.82) is 0 Å². The Morgan fingerprint density at radius 3 is 2.79 bits per heavy atom. The second kappa shape index (κ2) is 8.05. The van der Waals surface area contributed by atoms with E-state index in [1.165, 1.54) is 27.4 Å². The van der Waals surface area contributed by atoms with Crippen LogP contribution in [0.5, 0.6) is 0 Å². The van der Waals surface area contributed by atoms with Gasteiger partial charge in [-0.25, -0.2) is 9.99 Å². The summed E-state index contributed by atoms with van der Waals surface area (Å²) in [5.41, 5.74) is 3.19. The highest BCUT2D eigenvalue weighted by molar-refractivity contribution is 7.18. The van der Waals surface area contributed by atoms with Gasteiger partial charge in [-0.2, -0.15) is 5.10 Å². The summed E-state index contributed by atoms with van der Waals surface area (Å²) in [7, 11) is 0. The van der Waals surface area contributed by atoms with Gasteiger partial charge in [0.2, 0.25) is 0 Å². The molecule has 0 radical (unpaired) electrons. The Kier molecular flexibility index (Phi) is 5.12. The van der Waals surface area contributed by atoms with E-state index in [0.29, 0.717) is 19.1 Å². The molecule has 0 saturated carbocycles. The minimum absolute atomic E-state index is 0.124. The maximum atomic E-state index is 13.0. The lowest BCUT2D eigenvalue weighted by atomic mass is 10.0. The number of thiazole rings is 1. The molecule has 5 nitrogen and oxygen atoms in total. The van der Waals surface area contributed by atoms with Crippen LogP contribution in [0.2, 0.25) is 0 Å². The predicted octanol–water partition coefficient (Wildman–Crippen LogP) is 3.04. The molecule has 1 amide bonds. The molecule has 2 atom stereocenters. The number of para-hydroxylation sites is 1. The van der Waals surface area contributed by atoms with Crippen LogP contribution in [-0.2, 0) is 4.79 Å². The molecule has 1 saturated heterocycles. The largest absolute Gasteiger partial charge is 0.319 e. The molecule has 1 N–H and O–H groups in total. The van der Waals surface area contributed by atoms with E-state index < -0.39 is 0 Å². The first kappa shape index (κ1) is 18.5. The van der Waals surface area contributed by atoms with Crippen LogP contribution in [0.3, 0.4) is 0 Å². The number of hydrogen-bond donors (Lipinski definition) is 1. The van der Waals surface area contributed by atoms with Crippen LogP contribution in [0.15, 0.2) is 59.7 Å². The summed E-state index contributed by atoms with van der Waals surface area (Å²) in [6, 6.07) is 18.8. The Balaban J connectivity index is 1.32. The van der Waals surface area contributed by atoms with Crippen molar-refractivity contribution >= 4 is 33.2 Å². The SMILES string of the molecule is O=C(C[NH+]1CCCC[C@@H]1c1nc2ccccc2s1)N1CCC(c2ccccc2)=N1. The first-order valence-electron chi connectivity index (χ1n) is 10.4. The zero-order chi connectivity index (χ0) is 19.6. The molecular weight excluding hydrogens is 380 g/mol. The fourth-order valence-corrected chi connectivity index (χ4v) is 5.54. The molecule has 0 bridgehead atoms. The van der Waals surface area contributed by atoms with Gasteiger partial charge in [0.1, 0.15) is 6.04 Å². The highest BCUT2D eigenvalue weighted by Crippen LogP contribution is 2.28. The molecule has 3 heterocycles. The molecule has 1 unspecified atom stereocenters. The van der Waals surface area contributed by atoms with Crippen molar-refractivity contribution in [3.63, 3.8) is 0 Å². The number of fused-ring (bicyclic) bond motifs is 1. The molecule has 6 heteroatoms. The molecule has 2 aromatic carbocycles. The van der Waals surface area contributed by atoms with Crippen LogP contribution in [0.4, 0.5) is 0 Å². The van der Waals surface area contributed by atoms with Crippen molar-refractivity contribution in [3.8, 4) is 0 Å². The van der Waals surface area contributed by atoms with E-state index in [1.807, 2.05) is 24.3 Å². The van der Waals surface area contributed by atoms with E-state index >= 15 is 0 Å². The molecule has 5 rings (SSSR count). The van der Waals surface area contributed by atoms with Gasteiger partial charge in [-0.1, -0.05) is 42.5 Å². The number of amides is 1. The minimum Gasteiger partial charge on any atom is -0.319 e. The average molecular weight is 406 g/mol. The third kappa shape index (κ3) is 3.82. The summed E-state index contributed by atoms with van der Waals surface area (Å²) in [5.74, 6) is 0.124. The maximum absolute atomic E-state index is 13.0. The number of nitrogens with zero attached hydrogens (tertiary/aromatic N) is 3. The monoisotopic (exact) mass is 405 g/mol. The number of likely N-dealkylation sites (tertiary alicyclic amines) is 1. The lowest BCUT2D eigenvalue weighted by Gasteiger charge is -2.31. The van der Waals surface area contributed by atoms with Crippen molar-refractivity contribution in [3.05, 3.63) is 65.2 Å². The van der Waals surface area contributed by atoms with Gasteiger partial charge >= 0.3 is 0 Å². The van der Waals surface area contributed by atoms with E-state index in [0.717, 1.165) is 36.2 Å². The van der Waals surface area contributed by atoms with Crippen LogP contribution >= 0.6 is 11.3 Å². The number of piperidine rings is 1. The molecule has 3 aromatic rings. The van der Waals surface area contributed by atoms with Crippen molar-refractivity contribution in [1.82, 2.24) is 9.99 Å². The van der Waals surface area contributed by atoms with Crippen molar-refractivity contribution < 1.29 is 9.69 Å². The quantitative estimate of drug-likeness (QED) is 0.725. The summed E-state index contributed by atoms with van der Waals surface area (Å²) >= 11 is 1.78. The van der Waals surface area contributed by atoms with E-state index in [4.69, 9.17) is 4.98 Å². The van der Waals surface area contributed by atoms with Crippen LogP contribution in [0, 0.1) is 0 Å². The Hall–Kier alpha value is -2.57. The lowest BCUT2D eigenvalue weighted by Crippen LogP contribution is -3.14. The summed E-state index contributed by atoms with van der Waals surface area (Å²) in [6.07, 6.45) is 4.30. The highest BCUT2D eigenvalue weighted by atomic mass is 32.1. The summed E-state index contributed by atoms with van der Waals surface area (Å²) in [4.78, 5) is 19.2. The predicted molar refractivity (Wildman–Crippen MR) is 116 cm³/mol. The molecule has 0 aliphatic carbocycles. The molecule has 2 aliphatic heterocycles. The average Bonchev–Trinajstić information content (AvgIpc) is 3.42. The van der Waals surface area contributed by atoms with Crippen molar-refractivity contribution in [2.75, 3.05) is 19.6 Å². The van der Waals surface area contributed by atoms with Gasteiger partial charge in [0, 0.05) is 12.8 Å². The number of rotatable bonds is 4. The summed E-state index contributed by atoms with van der Waals surface area (Å²) in [5, 5.41) is 7.48. The van der Waals surface area contributed by atoms with Crippen LogP contribution in [-0.4, -0.2) is 41.2 Å². The fraction of sp³-hybridized carbons (Fsp3) is 0.348. The van der Waals surface area contributed by atoms with Gasteiger partial charge < -0.3 is 4.90 Å². The number of benzene rings is 2. The minimum atomic E-state index is 0.124. The van der Waals surface area contributed by atoms with Gasteiger partial charge in [0.15, 0.2) is 11.6 Å². The third-order valence-corrected chi connectivity index (χ3v) is 7.07. The molecule has 29 heavy (non-hydrogen) atoms. The fourth-order valence-electron chi connectivity index (χ4n) is 4.38. The molecular formula is C23H25N4OS+. The Morgan fingerprint density at radius 1 is 1.10 bits per heavy atom. The number of quaternary nitrogens is 1. The summed E-state index contributed by atoms with van der Waals surface area (Å²) < 4.78 is 1.23. The second-order valence-electron chi connectivity index (χ2n) is 7.83. The van der Waals surface area contributed by atoms with Crippen LogP contribution < -0.4 is 4.90 Å². The zero-order valence-corrected chi connectivity index (χ0v) is 17.2. The van der Waals surface area contributed by atoms with Gasteiger partial charge in [-0.15, -0.1) is 11.3 Å². The van der Waals surface area contributed by atoms with Gasteiger partial charge in [-0.3, -0.25) is 4.79 Å². The Labute approximate surface area is 174 Å². The second-order valence-corrected chi connectivity index (χ2v) is 8.90. The normalized spacial score (nSPS) is 22.1. The zero-order valence-electron chi connectivity index (χ0n) is 16.4. The molecule has 1 fully saturated rings. The van der Waals surface area contributed by atoms with Gasteiger partial charge in [0.05, 0.1) is 29.0 Å². The topological polar surface area (TPSA) is 50.0 Å². The first-order valence-corrected chi connectivity index (χ1v) is 11.2. The number of carbonyl (C=O) groups is 1. The molecule has 2 aliphatic rings. The van der Waals surface area contributed by atoms with Crippen molar-refractivity contribution in [2.24, 2.45) is 5.10 Å². The third-order valence-electron chi connectivity index (χ3n) is 5.92. The Morgan fingerprint density at radius 2 is 1.93 bits per heavy atom. The van der Waals surface area contributed by atoms with Crippen molar-refractivity contribution in [2.45, 2.75) is 31.7 Å². The molecule has 1 aromatic heterocycles. The number of hydrogen-bond acceptors (Lipinski definition) is 4. The number of carbonyl (C=O) groups excluding carboxylic acids is 1. The van der Waals surface area contributed by atoms with Crippen LogP contribution in [0.25, 0.3) is 10.2 Å². The van der Waals surface area contributed by atoms with Gasteiger partial charge in [-0.05, 0) is 30.5 Å². The molecule has 0 spiro atoms. The maximum Gasteiger partial charge on any atom is 0.297 e.